The van der Waals surface area contributed by atoms with Crippen LogP contribution >= 0.6 is 11.8 Å². The standard InChI is InChI=1S/C21H25NO5S/c1-12-11-26-18-9-19-17(8-16(12)18)13(2)15(21(25)27-19)4-5-20(24)22-14(10-23)6-7-28-3/h8-9,11,14,23H,4-7,10H2,1-3H3,(H,22,24). The zero-order valence-electron chi connectivity index (χ0n) is 16.3. The molecule has 7 heteroatoms. The van der Waals surface area contributed by atoms with Gasteiger partial charge in [-0.25, -0.2) is 4.79 Å². The fourth-order valence-corrected chi connectivity index (χ4v) is 3.85. The van der Waals surface area contributed by atoms with E-state index in [0.29, 0.717) is 29.6 Å². The van der Waals surface area contributed by atoms with Gasteiger partial charge in [-0.1, -0.05) is 0 Å². The maximum absolute atomic E-state index is 12.5. The van der Waals surface area contributed by atoms with Crippen LogP contribution < -0.4 is 10.9 Å². The van der Waals surface area contributed by atoms with E-state index in [1.54, 1.807) is 24.1 Å². The van der Waals surface area contributed by atoms with Crippen LogP contribution in [0.4, 0.5) is 0 Å². The molecule has 0 radical (unpaired) electrons. The molecule has 3 rings (SSSR count). The van der Waals surface area contributed by atoms with E-state index in [1.165, 1.54) is 0 Å². The summed E-state index contributed by atoms with van der Waals surface area (Å²) in [6.07, 6.45) is 4.83. The van der Waals surface area contributed by atoms with Crippen LogP contribution in [0.1, 0.15) is 29.5 Å². The zero-order valence-corrected chi connectivity index (χ0v) is 17.1. The quantitative estimate of drug-likeness (QED) is 0.561. The molecule has 2 aromatic heterocycles. The van der Waals surface area contributed by atoms with Gasteiger partial charge in [-0.05, 0) is 55.9 Å². The van der Waals surface area contributed by atoms with Gasteiger partial charge in [0.1, 0.15) is 11.2 Å². The molecule has 0 spiro atoms. The summed E-state index contributed by atoms with van der Waals surface area (Å²) in [7, 11) is 0. The van der Waals surface area contributed by atoms with E-state index in [-0.39, 0.29) is 25.0 Å². The summed E-state index contributed by atoms with van der Waals surface area (Å²) in [6.45, 7) is 3.75. The fraction of sp³-hybridized carbons (Fsp3) is 0.429. The number of hydrogen-bond donors (Lipinski definition) is 2. The highest BCUT2D eigenvalue weighted by Gasteiger charge is 2.16. The van der Waals surface area contributed by atoms with E-state index in [1.807, 2.05) is 26.2 Å². The van der Waals surface area contributed by atoms with Gasteiger partial charge in [-0.2, -0.15) is 11.8 Å². The molecule has 150 valence electrons. The topological polar surface area (TPSA) is 92.7 Å². The minimum atomic E-state index is -0.429. The van der Waals surface area contributed by atoms with Crippen molar-refractivity contribution in [3.8, 4) is 0 Å². The summed E-state index contributed by atoms with van der Waals surface area (Å²) in [5, 5.41) is 14.0. The summed E-state index contributed by atoms with van der Waals surface area (Å²) in [6, 6.07) is 3.45. The molecule has 0 saturated heterocycles. The van der Waals surface area contributed by atoms with Crippen molar-refractivity contribution in [1.29, 1.82) is 0 Å². The van der Waals surface area contributed by atoms with Crippen molar-refractivity contribution in [2.24, 2.45) is 0 Å². The normalized spacial score (nSPS) is 12.6. The van der Waals surface area contributed by atoms with E-state index < -0.39 is 5.63 Å². The van der Waals surface area contributed by atoms with Crippen molar-refractivity contribution in [2.75, 3.05) is 18.6 Å². The van der Waals surface area contributed by atoms with Crippen LogP contribution in [0.3, 0.4) is 0 Å². The number of aliphatic hydroxyl groups excluding tert-OH is 1. The monoisotopic (exact) mass is 403 g/mol. The van der Waals surface area contributed by atoms with E-state index in [9.17, 15) is 14.7 Å². The van der Waals surface area contributed by atoms with Crippen LogP contribution in [0, 0.1) is 13.8 Å². The van der Waals surface area contributed by atoms with Gasteiger partial charge in [0, 0.05) is 28.8 Å². The van der Waals surface area contributed by atoms with Gasteiger partial charge in [-0.3, -0.25) is 4.79 Å². The lowest BCUT2D eigenvalue weighted by Gasteiger charge is -2.16. The summed E-state index contributed by atoms with van der Waals surface area (Å²) >= 11 is 1.67. The zero-order chi connectivity index (χ0) is 20.3. The van der Waals surface area contributed by atoms with Gasteiger partial charge in [0.05, 0.1) is 18.9 Å². The van der Waals surface area contributed by atoms with E-state index in [4.69, 9.17) is 8.83 Å². The average molecular weight is 404 g/mol. The van der Waals surface area contributed by atoms with Gasteiger partial charge in [0.15, 0.2) is 0 Å². The van der Waals surface area contributed by atoms with Gasteiger partial charge in [0.25, 0.3) is 0 Å². The largest absolute Gasteiger partial charge is 0.464 e. The molecule has 0 bridgehead atoms. The summed E-state index contributed by atoms with van der Waals surface area (Å²) < 4.78 is 11.0. The summed E-state index contributed by atoms with van der Waals surface area (Å²) in [5.74, 6) is 0.681. The van der Waals surface area contributed by atoms with Crippen LogP contribution in [-0.2, 0) is 11.2 Å². The molecule has 0 aliphatic carbocycles. The Bertz CT molecular complexity index is 1050. The number of aliphatic hydroxyl groups is 1. The molecule has 2 N–H and O–H groups in total. The number of benzene rings is 1. The van der Waals surface area contributed by atoms with Crippen molar-refractivity contribution in [3.05, 3.63) is 45.5 Å². The molecule has 2 heterocycles. The third-order valence-electron chi connectivity index (χ3n) is 5.03. The minimum absolute atomic E-state index is 0.0938. The Morgan fingerprint density at radius 1 is 1.25 bits per heavy atom. The van der Waals surface area contributed by atoms with E-state index in [0.717, 1.165) is 27.7 Å². The smallest absolute Gasteiger partial charge is 0.339 e. The number of hydrogen-bond acceptors (Lipinski definition) is 6. The molecule has 1 amide bonds. The van der Waals surface area contributed by atoms with Crippen LogP contribution in [-0.4, -0.2) is 35.7 Å². The molecule has 0 aliphatic heterocycles. The second-order valence-corrected chi connectivity index (χ2v) is 7.97. The second-order valence-electron chi connectivity index (χ2n) is 6.98. The van der Waals surface area contributed by atoms with E-state index in [2.05, 4.69) is 5.32 Å². The molecular weight excluding hydrogens is 378 g/mol. The third-order valence-corrected chi connectivity index (χ3v) is 5.68. The van der Waals surface area contributed by atoms with Crippen LogP contribution in [0.5, 0.6) is 0 Å². The number of nitrogens with one attached hydrogen (secondary N) is 1. The molecule has 0 aliphatic rings. The predicted octanol–water partition coefficient (Wildman–Crippen LogP) is 3.32. The first-order valence-electron chi connectivity index (χ1n) is 9.28. The minimum Gasteiger partial charge on any atom is -0.464 e. The van der Waals surface area contributed by atoms with Crippen LogP contribution in [0.2, 0.25) is 0 Å². The highest BCUT2D eigenvalue weighted by atomic mass is 32.2. The van der Waals surface area contributed by atoms with Gasteiger partial charge in [-0.15, -0.1) is 0 Å². The molecule has 3 aromatic rings. The molecule has 0 fully saturated rings. The predicted molar refractivity (Wildman–Crippen MR) is 112 cm³/mol. The summed E-state index contributed by atoms with van der Waals surface area (Å²) in [5.41, 5.74) is 3.08. The molecule has 1 aromatic carbocycles. The molecular formula is C21H25NO5S. The molecule has 0 saturated carbocycles. The third kappa shape index (κ3) is 4.25. The highest BCUT2D eigenvalue weighted by Crippen LogP contribution is 2.29. The number of carbonyl (C=O) groups excluding carboxylic acids is 1. The van der Waals surface area contributed by atoms with Crippen molar-refractivity contribution < 1.29 is 18.7 Å². The van der Waals surface area contributed by atoms with Gasteiger partial charge in [0.2, 0.25) is 5.91 Å². The first-order chi connectivity index (χ1) is 13.4. The Morgan fingerprint density at radius 3 is 2.75 bits per heavy atom. The fourth-order valence-electron chi connectivity index (χ4n) is 3.33. The first kappa shape index (κ1) is 20.5. The first-order valence-corrected chi connectivity index (χ1v) is 10.7. The van der Waals surface area contributed by atoms with E-state index >= 15 is 0 Å². The SMILES string of the molecule is CSCCC(CO)NC(=O)CCc1c(C)c2cc3c(C)coc3cc2oc1=O. The number of carbonyl (C=O) groups is 1. The van der Waals surface area contributed by atoms with Crippen molar-refractivity contribution in [1.82, 2.24) is 5.32 Å². The Morgan fingerprint density at radius 2 is 2.04 bits per heavy atom. The second kappa shape index (κ2) is 8.84. The Labute approximate surface area is 167 Å². The maximum Gasteiger partial charge on any atom is 0.339 e. The number of amides is 1. The lowest BCUT2D eigenvalue weighted by Crippen LogP contribution is -2.38. The lowest BCUT2D eigenvalue weighted by atomic mass is 10.0. The summed E-state index contributed by atoms with van der Waals surface area (Å²) in [4.78, 5) is 24.7. The Hall–Kier alpha value is -2.25. The number of furan rings is 1. The number of fused-ring (bicyclic) bond motifs is 2. The molecule has 1 atom stereocenters. The molecule has 28 heavy (non-hydrogen) atoms. The molecule has 6 nitrogen and oxygen atoms in total. The van der Waals surface area contributed by atoms with Crippen LogP contribution in [0.25, 0.3) is 21.9 Å². The van der Waals surface area contributed by atoms with Crippen molar-refractivity contribution >= 4 is 39.6 Å². The lowest BCUT2D eigenvalue weighted by molar-refractivity contribution is -0.122. The number of thioether (sulfide) groups is 1. The number of aryl methyl sites for hydroxylation is 2. The maximum atomic E-state index is 12.5. The highest BCUT2D eigenvalue weighted by molar-refractivity contribution is 7.98. The van der Waals surface area contributed by atoms with Gasteiger partial charge < -0.3 is 19.3 Å². The average Bonchev–Trinajstić information content (AvgIpc) is 3.03. The van der Waals surface area contributed by atoms with Crippen LogP contribution in [0.15, 0.2) is 32.0 Å². The van der Waals surface area contributed by atoms with Gasteiger partial charge >= 0.3 is 5.63 Å². The molecule has 1 unspecified atom stereocenters. The number of rotatable bonds is 8. The van der Waals surface area contributed by atoms with Crippen molar-refractivity contribution in [2.45, 2.75) is 39.2 Å². The van der Waals surface area contributed by atoms with Crippen molar-refractivity contribution in [3.63, 3.8) is 0 Å². The Kier molecular flexibility index (Phi) is 6.46. The Balaban J connectivity index is 1.81.